The van der Waals surface area contributed by atoms with Crippen LogP contribution in [0.25, 0.3) is 0 Å². The van der Waals surface area contributed by atoms with Crippen LogP contribution < -0.4 is 15.8 Å². The number of halogens is 2. The van der Waals surface area contributed by atoms with Crippen LogP contribution in [-0.2, 0) is 9.53 Å². The van der Waals surface area contributed by atoms with Crippen LogP contribution in [0.1, 0.15) is 6.42 Å². The van der Waals surface area contributed by atoms with Gasteiger partial charge in [-0.2, -0.15) is 0 Å². The fraction of sp³-hybridized carbons (Fsp3) is 0.417. The molecule has 0 fully saturated rings. The lowest BCUT2D eigenvalue weighted by Gasteiger charge is -2.11. The highest BCUT2D eigenvalue weighted by atomic mass is 79.9. The molecule has 0 saturated heterocycles. The largest absolute Gasteiger partial charge is 0.480 e. The van der Waals surface area contributed by atoms with Crippen molar-refractivity contribution in [2.75, 3.05) is 32.6 Å². The number of anilines is 1. The number of ether oxygens (including phenoxy) is 2. The molecule has 0 aliphatic carbocycles. The molecule has 0 aromatic heterocycles. The van der Waals surface area contributed by atoms with Crippen LogP contribution in [0, 0.1) is 0 Å². The molecule has 0 unspecified atom stereocenters. The molecule has 19 heavy (non-hydrogen) atoms. The monoisotopic (exact) mass is 350 g/mol. The normalized spacial score (nSPS) is 10.3. The fourth-order valence-electron chi connectivity index (χ4n) is 1.37. The molecule has 106 valence electrons. The van der Waals surface area contributed by atoms with E-state index in [9.17, 15) is 4.79 Å². The summed E-state index contributed by atoms with van der Waals surface area (Å²) in [6.45, 7) is 1.06. The molecule has 3 N–H and O–H groups in total. The Balaban J connectivity index is 2.42. The second kappa shape index (κ2) is 8.24. The van der Waals surface area contributed by atoms with Gasteiger partial charge in [-0.25, -0.2) is 0 Å². The zero-order valence-corrected chi connectivity index (χ0v) is 12.9. The van der Waals surface area contributed by atoms with Crippen molar-refractivity contribution in [3.63, 3.8) is 0 Å². The molecule has 0 saturated carbocycles. The lowest BCUT2D eigenvalue weighted by molar-refractivity contribution is -0.123. The van der Waals surface area contributed by atoms with Gasteiger partial charge in [-0.3, -0.25) is 4.79 Å². The number of benzene rings is 1. The van der Waals surface area contributed by atoms with Gasteiger partial charge in [0.15, 0.2) is 12.4 Å². The average Bonchev–Trinajstić information content (AvgIpc) is 2.33. The topological polar surface area (TPSA) is 73.6 Å². The van der Waals surface area contributed by atoms with Crippen LogP contribution in [0.2, 0.25) is 5.02 Å². The zero-order chi connectivity index (χ0) is 14.3. The molecule has 0 aliphatic heterocycles. The number of nitrogen functional groups attached to an aromatic ring is 1. The molecule has 0 aliphatic rings. The van der Waals surface area contributed by atoms with Crippen molar-refractivity contribution in [3.8, 4) is 5.75 Å². The minimum Gasteiger partial charge on any atom is -0.480 e. The Bertz CT molecular complexity index is 420. The van der Waals surface area contributed by atoms with Crippen LogP contribution in [0.3, 0.4) is 0 Å². The van der Waals surface area contributed by atoms with Crippen LogP contribution in [-0.4, -0.2) is 32.8 Å². The molecule has 0 heterocycles. The predicted molar refractivity (Wildman–Crippen MR) is 78.6 cm³/mol. The first-order valence-corrected chi connectivity index (χ1v) is 6.84. The first kappa shape index (κ1) is 16.1. The summed E-state index contributed by atoms with van der Waals surface area (Å²) in [6.07, 6.45) is 0.759. The van der Waals surface area contributed by atoms with E-state index in [-0.39, 0.29) is 12.5 Å². The van der Waals surface area contributed by atoms with Crippen molar-refractivity contribution >= 4 is 39.1 Å². The van der Waals surface area contributed by atoms with Gasteiger partial charge in [-0.15, -0.1) is 0 Å². The molecule has 1 amide bonds. The summed E-state index contributed by atoms with van der Waals surface area (Å²) >= 11 is 9.11. The SMILES string of the molecule is COCCCNC(=O)COc1c(N)cc(Cl)cc1Br. The van der Waals surface area contributed by atoms with E-state index in [1.54, 1.807) is 19.2 Å². The number of carbonyl (C=O) groups is 1. The molecule has 0 bridgehead atoms. The van der Waals surface area contributed by atoms with Crippen molar-refractivity contribution in [2.45, 2.75) is 6.42 Å². The van der Waals surface area contributed by atoms with Crippen LogP contribution in [0.4, 0.5) is 5.69 Å². The van der Waals surface area contributed by atoms with Gasteiger partial charge in [0, 0.05) is 25.3 Å². The third-order valence-corrected chi connectivity index (χ3v) is 3.04. The average molecular weight is 352 g/mol. The number of rotatable bonds is 7. The highest BCUT2D eigenvalue weighted by molar-refractivity contribution is 9.10. The summed E-state index contributed by atoms with van der Waals surface area (Å²) in [5, 5.41) is 3.21. The summed E-state index contributed by atoms with van der Waals surface area (Å²) in [5.41, 5.74) is 6.14. The first-order chi connectivity index (χ1) is 9.04. The summed E-state index contributed by atoms with van der Waals surface area (Å²) < 4.78 is 10.9. The van der Waals surface area contributed by atoms with Crippen molar-refractivity contribution < 1.29 is 14.3 Å². The third-order valence-electron chi connectivity index (χ3n) is 2.23. The molecular weight excluding hydrogens is 336 g/mol. The number of carbonyl (C=O) groups excluding carboxylic acids is 1. The van der Waals surface area contributed by atoms with Crippen LogP contribution in [0.15, 0.2) is 16.6 Å². The second-order valence-electron chi connectivity index (χ2n) is 3.79. The number of amides is 1. The van der Waals surface area contributed by atoms with E-state index in [4.69, 9.17) is 26.8 Å². The van der Waals surface area contributed by atoms with E-state index < -0.39 is 0 Å². The molecule has 0 atom stereocenters. The van der Waals surface area contributed by atoms with Gasteiger partial charge in [0.25, 0.3) is 5.91 Å². The Morgan fingerprint density at radius 2 is 2.26 bits per heavy atom. The van der Waals surface area contributed by atoms with E-state index in [2.05, 4.69) is 21.2 Å². The summed E-state index contributed by atoms with van der Waals surface area (Å²) in [4.78, 5) is 11.5. The van der Waals surface area contributed by atoms with Gasteiger partial charge in [-0.05, 0) is 34.5 Å². The van der Waals surface area contributed by atoms with Crippen LogP contribution >= 0.6 is 27.5 Å². The summed E-state index contributed by atoms with van der Waals surface area (Å²) in [6, 6.07) is 3.22. The molecule has 0 spiro atoms. The Morgan fingerprint density at radius 1 is 1.53 bits per heavy atom. The van der Waals surface area contributed by atoms with Gasteiger partial charge < -0.3 is 20.5 Å². The van der Waals surface area contributed by atoms with E-state index in [0.717, 1.165) is 6.42 Å². The standard InChI is InChI=1S/C12H16BrClN2O3/c1-18-4-2-3-16-11(17)7-19-12-9(13)5-8(14)6-10(12)15/h5-6H,2-4,7,15H2,1H3,(H,16,17). The zero-order valence-electron chi connectivity index (χ0n) is 10.5. The first-order valence-electron chi connectivity index (χ1n) is 5.67. The fourth-order valence-corrected chi connectivity index (χ4v) is 2.31. The van der Waals surface area contributed by atoms with Crippen molar-refractivity contribution in [1.82, 2.24) is 5.32 Å². The smallest absolute Gasteiger partial charge is 0.257 e. The lowest BCUT2D eigenvalue weighted by atomic mass is 10.3. The van der Waals surface area contributed by atoms with Crippen molar-refractivity contribution in [3.05, 3.63) is 21.6 Å². The Kier molecular flexibility index (Phi) is 6.97. The Morgan fingerprint density at radius 3 is 2.89 bits per heavy atom. The minimum atomic E-state index is -0.211. The highest BCUT2D eigenvalue weighted by Gasteiger charge is 2.10. The molecule has 0 radical (unpaired) electrons. The van der Waals surface area contributed by atoms with E-state index in [0.29, 0.717) is 34.1 Å². The van der Waals surface area contributed by atoms with Gasteiger partial charge in [0.1, 0.15) is 0 Å². The van der Waals surface area contributed by atoms with E-state index in [1.165, 1.54) is 0 Å². The van der Waals surface area contributed by atoms with E-state index in [1.807, 2.05) is 0 Å². The predicted octanol–water partition coefficient (Wildman–Crippen LogP) is 2.22. The lowest BCUT2D eigenvalue weighted by Crippen LogP contribution is -2.30. The van der Waals surface area contributed by atoms with Gasteiger partial charge in [0.2, 0.25) is 0 Å². The minimum absolute atomic E-state index is 0.0998. The second-order valence-corrected chi connectivity index (χ2v) is 5.08. The number of methoxy groups -OCH3 is 1. The quantitative estimate of drug-likeness (QED) is 0.583. The van der Waals surface area contributed by atoms with E-state index >= 15 is 0 Å². The number of hydrogen-bond acceptors (Lipinski definition) is 4. The maximum atomic E-state index is 11.5. The number of hydrogen-bond donors (Lipinski definition) is 2. The summed E-state index contributed by atoms with van der Waals surface area (Å²) in [5.74, 6) is 0.203. The molecular formula is C12H16BrClN2O3. The number of nitrogens with two attached hydrogens (primary N) is 1. The van der Waals surface area contributed by atoms with Gasteiger partial charge in [0.05, 0.1) is 10.2 Å². The molecule has 1 aromatic carbocycles. The maximum Gasteiger partial charge on any atom is 0.257 e. The van der Waals surface area contributed by atoms with Crippen molar-refractivity contribution in [1.29, 1.82) is 0 Å². The molecule has 7 heteroatoms. The maximum absolute atomic E-state index is 11.5. The molecule has 1 rings (SSSR count). The van der Waals surface area contributed by atoms with Gasteiger partial charge >= 0.3 is 0 Å². The third kappa shape index (κ3) is 5.67. The summed E-state index contributed by atoms with van der Waals surface area (Å²) in [7, 11) is 1.62. The molecule has 1 aromatic rings. The molecule has 5 nitrogen and oxygen atoms in total. The highest BCUT2D eigenvalue weighted by Crippen LogP contribution is 2.34. The number of nitrogens with one attached hydrogen (secondary N) is 1. The van der Waals surface area contributed by atoms with Crippen molar-refractivity contribution in [2.24, 2.45) is 0 Å². The van der Waals surface area contributed by atoms with Crippen LogP contribution in [0.5, 0.6) is 5.75 Å². The van der Waals surface area contributed by atoms with Gasteiger partial charge in [-0.1, -0.05) is 11.6 Å². The Labute approximate surface area is 125 Å². The Hall–Kier alpha value is -0.980.